The second-order valence-corrected chi connectivity index (χ2v) is 5.10. The van der Waals surface area contributed by atoms with E-state index in [0.717, 1.165) is 11.8 Å². The monoisotopic (exact) mass is 214 g/mol. The predicted octanol–water partition coefficient (Wildman–Crippen LogP) is 2.40. The maximum Gasteiger partial charge on any atom is 0.0343 e. The van der Waals surface area contributed by atoms with Gasteiger partial charge in [-0.3, -0.25) is 4.98 Å². The van der Waals surface area contributed by atoms with Gasteiger partial charge in [0.05, 0.1) is 0 Å². The number of allylic oxidation sites excluding steroid dienone is 2. The van der Waals surface area contributed by atoms with Crippen LogP contribution < -0.4 is 5.32 Å². The molecule has 0 spiro atoms. The summed E-state index contributed by atoms with van der Waals surface area (Å²) in [4.78, 5) is 4.29. The highest BCUT2D eigenvalue weighted by atomic mass is 14.9. The molecule has 0 unspecified atom stereocenters. The molecule has 1 fully saturated rings. The summed E-state index contributed by atoms with van der Waals surface area (Å²) in [6, 6.07) is 2.25. The normalized spacial score (nSPS) is 28.7. The lowest BCUT2D eigenvalue weighted by Gasteiger charge is -2.24. The standard InChI is InChI=1S/C14H18N2/c1-10-4-13(8-15-6-10)11-2-3-12-7-16-9-14(12)5-11/h2,4,6,8,12,14,16H,3,5,7,9H2,1H3/t12-,14+/m1/s1. The topological polar surface area (TPSA) is 24.9 Å². The molecular formula is C14H18N2. The highest BCUT2D eigenvalue weighted by molar-refractivity contribution is 5.66. The first kappa shape index (κ1) is 10.0. The van der Waals surface area contributed by atoms with Crippen LogP contribution in [0.4, 0.5) is 0 Å². The first-order valence-corrected chi connectivity index (χ1v) is 6.15. The van der Waals surface area contributed by atoms with Crippen molar-refractivity contribution in [1.82, 2.24) is 10.3 Å². The Kier molecular flexibility index (Phi) is 2.52. The zero-order chi connectivity index (χ0) is 11.0. The van der Waals surface area contributed by atoms with Gasteiger partial charge < -0.3 is 5.32 Å². The zero-order valence-corrected chi connectivity index (χ0v) is 9.74. The van der Waals surface area contributed by atoms with E-state index in [1.54, 1.807) is 0 Å². The van der Waals surface area contributed by atoms with E-state index in [1.807, 2.05) is 12.4 Å². The Morgan fingerprint density at radius 3 is 3.00 bits per heavy atom. The van der Waals surface area contributed by atoms with Gasteiger partial charge in [-0.1, -0.05) is 6.08 Å². The van der Waals surface area contributed by atoms with Crippen molar-refractivity contribution in [2.75, 3.05) is 13.1 Å². The van der Waals surface area contributed by atoms with Gasteiger partial charge in [-0.2, -0.15) is 0 Å². The first-order valence-electron chi connectivity index (χ1n) is 6.15. The zero-order valence-electron chi connectivity index (χ0n) is 9.74. The highest BCUT2D eigenvalue weighted by Crippen LogP contribution is 2.36. The number of nitrogens with zero attached hydrogens (tertiary/aromatic N) is 1. The lowest BCUT2D eigenvalue weighted by atomic mass is 9.80. The van der Waals surface area contributed by atoms with Crippen molar-refractivity contribution in [2.24, 2.45) is 11.8 Å². The minimum absolute atomic E-state index is 0.848. The summed E-state index contributed by atoms with van der Waals surface area (Å²) in [7, 11) is 0. The fraction of sp³-hybridized carbons (Fsp3) is 0.500. The van der Waals surface area contributed by atoms with Crippen molar-refractivity contribution in [1.29, 1.82) is 0 Å². The first-order chi connectivity index (χ1) is 7.83. The number of pyridine rings is 1. The van der Waals surface area contributed by atoms with Crippen LogP contribution in [0.25, 0.3) is 5.57 Å². The number of aryl methyl sites for hydroxylation is 1. The lowest BCUT2D eigenvalue weighted by molar-refractivity contribution is 0.418. The van der Waals surface area contributed by atoms with Crippen molar-refractivity contribution >= 4 is 5.57 Å². The molecule has 0 amide bonds. The molecule has 1 aromatic heterocycles. The average Bonchev–Trinajstić information content (AvgIpc) is 2.75. The van der Waals surface area contributed by atoms with Gasteiger partial charge in [0.1, 0.15) is 0 Å². The van der Waals surface area contributed by atoms with E-state index in [1.165, 1.54) is 42.6 Å². The Hall–Kier alpha value is -1.15. The third-order valence-corrected chi connectivity index (χ3v) is 3.87. The molecule has 0 aromatic carbocycles. The van der Waals surface area contributed by atoms with Crippen LogP contribution in [-0.4, -0.2) is 18.1 Å². The van der Waals surface area contributed by atoms with Gasteiger partial charge in [0.15, 0.2) is 0 Å². The largest absolute Gasteiger partial charge is 0.316 e. The second-order valence-electron chi connectivity index (χ2n) is 5.10. The SMILES string of the molecule is Cc1cncc(C2=CC[C@@H]3CNC[C@@H]3C2)c1. The molecule has 2 heterocycles. The maximum atomic E-state index is 4.29. The molecule has 0 radical (unpaired) electrons. The van der Waals surface area contributed by atoms with Crippen LogP contribution in [0.2, 0.25) is 0 Å². The molecular weight excluding hydrogens is 196 g/mol. The van der Waals surface area contributed by atoms with E-state index < -0.39 is 0 Å². The molecule has 16 heavy (non-hydrogen) atoms. The van der Waals surface area contributed by atoms with Crippen LogP contribution >= 0.6 is 0 Å². The minimum atomic E-state index is 0.848. The van der Waals surface area contributed by atoms with Gasteiger partial charge in [0.2, 0.25) is 0 Å². The number of hydrogen-bond acceptors (Lipinski definition) is 2. The molecule has 1 aliphatic heterocycles. The highest BCUT2D eigenvalue weighted by Gasteiger charge is 2.30. The fourth-order valence-electron chi connectivity index (χ4n) is 2.93. The van der Waals surface area contributed by atoms with Gasteiger partial charge in [0.25, 0.3) is 0 Å². The lowest BCUT2D eigenvalue weighted by Crippen LogP contribution is -2.16. The van der Waals surface area contributed by atoms with Crippen molar-refractivity contribution < 1.29 is 0 Å². The summed E-state index contributed by atoms with van der Waals surface area (Å²) in [5, 5.41) is 3.50. The molecule has 2 aliphatic rings. The van der Waals surface area contributed by atoms with Crippen molar-refractivity contribution in [3.63, 3.8) is 0 Å². The Bertz CT molecular complexity index is 422. The molecule has 2 nitrogen and oxygen atoms in total. The van der Waals surface area contributed by atoms with E-state index >= 15 is 0 Å². The molecule has 0 saturated carbocycles. The van der Waals surface area contributed by atoms with Gasteiger partial charge >= 0.3 is 0 Å². The average molecular weight is 214 g/mol. The van der Waals surface area contributed by atoms with Gasteiger partial charge in [0, 0.05) is 12.4 Å². The van der Waals surface area contributed by atoms with E-state index in [9.17, 15) is 0 Å². The van der Waals surface area contributed by atoms with Crippen LogP contribution in [0.1, 0.15) is 24.0 Å². The van der Waals surface area contributed by atoms with Gasteiger partial charge in [-0.05, 0) is 67.5 Å². The van der Waals surface area contributed by atoms with Crippen LogP contribution in [0.15, 0.2) is 24.5 Å². The summed E-state index contributed by atoms with van der Waals surface area (Å²) in [5.41, 5.74) is 4.08. The quantitative estimate of drug-likeness (QED) is 0.776. The van der Waals surface area contributed by atoms with Crippen LogP contribution in [0, 0.1) is 18.8 Å². The summed E-state index contributed by atoms with van der Waals surface area (Å²) in [6.07, 6.45) is 8.81. The van der Waals surface area contributed by atoms with Crippen molar-refractivity contribution in [3.05, 3.63) is 35.7 Å². The molecule has 1 saturated heterocycles. The van der Waals surface area contributed by atoms with E-state index in [2.05, 4.69) is 29.4 Å². The number of nitrogens with one attached hydrogen (secondary N) is 1. The molecule has 1 aliphatic carbocycles. The van der Waals surface area contributed by atoms with Crippen molar-refractivity contribution in [3.8, 4) is 0 Å². The Morgan fingerprint density at radius 1 is 1.25 bits per heavy atom. The van der Waals surface area contributed by atoms with Crippen molar-refractivity contribution in [2.45, 2.75) is 19.8 Å². The van der Waals surface area contributed by atoms with Crippen LogP contribution in [0.5, 0.6) is 0 Å². The van der Waals surface area contributed by atoms with E-state index in [-0.39, 0.29) is 0 Å². The molecule has 1 N–H and O–H groups in total. The molecule has 84 valence electrons. The number of fused-ring (bicyclic) bond motifs is 1. The summed E-state index contributed by atoms with van der Waals surface area (Å²) < 4.78 is 0. The predicted molar refractivity (Wildman–Crippen MR) is 66.0 cm³/mol. The fourth-order valence-corrected chi connectivity index (χ4v) is 2.93. The van der Waals surface area contributed by atoms with E-state index in [4.69, 9.17) is 0 Å². The smallest absolute Gasteiger partial charge is 0.0343 e. The molecule has 1 aromatic rings. The molecule has 2 atom stereocenters. The molecule has 3 rings (SSSR count). The Labute approximate surface area is 96.8 Å². The summed E-state index contributed by atoms with van der Waals surface area (Å²) in [5.74, 6) is 1.72. The molecule has 2 heteroatoms. The van der Waals surface area contributed by atoms with Gasteiger partial charge in [-0.15, -0.1) is 0 Å². The molecule has 0 bridgehead atoms. The second kappa shape index (κ2) is 4.02. The van der Waals surface area contributed by atoms with Crippen LogP contribution in [0.3, 0.4) is 0 Å². The van der Waals surface area contributed by atoms with Crippen LogP contribution in [-0.2, 0) is 0 Å². The van der Waals surface area contributed by atoms with E-state index in [0.29, 0.717) is 0 Å². The number of hydrogen-bond donors (Lipinski definition) is 1. The third kappa shape index (κ3) is 1.78. The Morgan fingerprint density at radius 2 is 2.12 bits per heavy atom. The Balaban J connectivity index is 1.85. The maximum absolute atomic E-state index is 4.29. The number of rotatable bonds is 1. The summed E-state index contributed by atoms with van der Waals surface area (Å²) in [6.45, 7) is 4.52. The van der Waals surface area contributed by atoms with Gasteiger partial charge in [-0.25, -0.2) is 0 Å². The minimum Gasteiger partial charge on any atom is -0.316 e. The number of aromatic nitrogens is 1. The summed E-state index contributed by atoms with van der Waals surface area (Å²) >= 11 is 0. The third-order valence-electron chi connectivity index (χ3n) is 3.87.